The van der Waals surface area contributed by atoms with E-state index in [1.807, 2.05) is 6.20 Å². The maximum Gasteiger partial charge on any atom is 0.178 e. The molecule has 0 saturated heterocycles. The molecule has 0 saturated carbocycles. The summed E-state index contributed by atoms with van der Waals surface area (Å²) < 4.78 is 12.9. The van der Waals surface area contributed by atoms with Gasteiger partial charge in [0.05, 0.1) is 6.20 Å². The van der Waals surface area contributed by atoms with Gasteiger partial charge in [0.25, 0.3) is 0 Å². The van der Waals surface area contributed by atoms with Crippen molar-refractivity contribution >= 4 is 0 Å². The van der Waals surface area contributed by atoms with Crippen molar-refractivity contribution in [3.05, 3.63) is 41.6 Å². The van der Waals surface area contributed by atoms with Crippen LogP contribution in [0.4, 0.5) is 4.39 Å². The molecule has 1 unspecified atom stereocenters. The Balaban J connectivity index is 1.88. The third-order valence-electron chi connectivity index (χ3n) is 3.78. The average molecular weight is 286 g/mol. The molecule has 0 spiro atoms. The highest BCUT2D eigenvalue weighted by atomic mass is 19.1. The van der Waals surface area contributed by atoms with Gasteiger partial charge in [0, 0.05) is 23.5 Å². The van der Waals surface area contributed by atoms with Crippen molar-refractivity contribution in [2.45, 2.75) is 38.6 Å². The number of hydrogen-bond donors (Lipinski definition) is 1. The summed E-state index contributed by atoms with van der Waals surface area (Å²) in [6.07, 6.45) is 7.44. The maximum atomic E-state index is 12.9. The second kappa shape index (κ2) is 6.26. The van der Waals surface area contributed by atoms with Gasteiger partial charge in [0.15, 0.2) is 5.82 Å². The topological polar surface area (TPSA) is 50.7 Å². The van der Waals surface area contributed by atoms with Gasteiger partial charge >= 0.3 is 0 Å². The molecular weight excluding hydrogens is 267 g/mol. The number of fused-ring (bicyclic) bond motifs is 1. The third-order valence-corrected chi connectivity index (χ3v) is 3.78. The van der Waals surface area contributed by atoms with Gasteiger partial charge in [-0.05, 0) is 44.4 Å². The molecular formula is C16H19FN4. The number of nitrogens with zero attached hydrogens (tertiary/aromatic N) is 3. The Kier molecular flexibility index (Phi) is 4.20. The second-order valence-corrected chi connectivity index (χ2v) is 5.36. The fourth-order valence-corrected chi connectivity index (χ4v) is 2.71. The SMILES string of the molecule is CCCNC1CCCc2nc(-c3ccc(F)cn3)ncc21. The molecule has 0 aliphatic heterocycles. The predicted molar refractivity (Wildman–Crippen MR) is 79.2 cm³/mol. The molecule has 0 aromatic carbocycles. The first-order valence-electron chi connectivity index (χ1n) is 7.49. The standard InChI is InChI=1S/C16H19FN4/c1-2-8-18-13-4-3-5-14-12(13)10-20-16(21-14)15-7-6-11(17)9-19-15/h6-7,9-10,13,18H,2-5,8H2,1H3. The lowest BCUT2D eigenvalue weighted by Gasteiger charge is -2.25. The van der Waals surface area contributed by atoms with Crippen molar-refractivity contribution in [2.75, 3.05) is 6.54 Å². The molecule has 2 heterocycles. The van der Waals surface area contributed by atoms with Gasteiger partial charge in [-0.2, -0.15) is 0 Å². The summed E-state index contributed by atoms with van der Waals surface area (Å²) in [6.45, 7) is 3.17. The van der Waals surface area contributed by atoms with E-state index in [1.54, 1.807) is 6.07 Å². The lowest BCUT2D eigenvalue weighted by molar-refractivity contribution is 0.453. The van der Waals surface area contributed by atoms with Crippen LogP contribution in [0.3, 0.4) is 0 Å². The molecule has 0 fully saturated rings. The Morgan fingerprint density at radius 1 is 1.29 bits per heavy atom. The highest BCUT2D eigenvalue weighted by Crippen LogP contribution is 2.29. The highest BCUT2D eigenvalue weighted by molar-refractivity contribution is 5.49. The first-order chi connectivity index (χ1) is 10.3. The van der Waals surface area contributed by atoms with Crippen molar-refractivity contribution in [1.82, 2.24) is 20.3 Å². The molecule has 3 rings (SSSR count). The third kappa shape index (κ3) is 3.08. The summed E-state index contributed by atoms with van der Waals surface area (Å²) in [7, 11) is 0. The van der Waals surface area contributed by atoms with E-state index < -0.39 is 0 Å². The van der Waals surface area contributed by atoms with Crippen LogP contribution in [0.15, 0.2) is 24.5 Å². The van der Waals surface area contributed by atoms with E-state index in [4.69, 9.17) is 0 Å². The Labute approximate surface area is 123 Å². The molecule has 110 valence electrons. The Bertz CT molecular complexity index is 612. The Morgan fingerprint density at radius 3 is 2.95 bits per heavy atom. The molecule has 0 radical (unpaired) electrons. The summed E-state index contributed by atoms with van der Waals surface area (Å²) in [5.41, 5.74) is 2.90. The van der Waals surface area contributed by atoms with Crippen LogP contribution in [-0.2, 0) is 6.42 Å². The van der Waals surface area contributed by atoms with Crippen LogP contribution in [0.25, 0.3) is 11.5 Å². The quantitative estimate of drug-likeness (QED) is 0.938. The number of aryl methyl sites for hydroxylation is 1. The van der Waals surface area contributed by atoms with E-state index in [9.17, 15) is 4.39 Å². The summed E-state index contributed by atoms with van der Waals surface area (Å²) in [6, 6.07) is 3.35. The monoisotopic (exact) mass is 286 g/mol. The fraction of sp³-hybridized carbons (Fsp3) is 0.438. The van der Waals surface area contributed by atoms with E-state index in [0.717, 1.165) is 37.9 Å². The van der Waals surface area contributed by atoms with Crippen molar-refractivity contribution < 1.29 is 4.39 Å². The van der Waals surface area contributed by atoms with Gasteiger partial charge in [0.2, 0.25) is 0 Å². The normalized spacial score (nSPS) is 17.5. The molecule has 5 heteroatoms. The van der Waals surface area contributed by atoms with Crippen LogP contribution < -0.4 is 5.32 Å². The molecule has 0 bridgehead atoms. The molecule has 4 nitrogen and oxygen atoms in total. The van der Waals surface area contributed by atoms with Crippen LogP contribution >= 0.6 is 0 Å². The number of halogens is 1. The van der Waals surface area contributed by atoms with E-state index in [1.165, 1.54) is 17.8 Å². The zero-order valence-corrected chi connectivity index (χ0v) is 12.1. The minimum Gasteiger partial charge on any atom is -0.310 e. The van der Waals surface area contributed by atoms with Crippen molar-refractivity contribution in [1.29, 1.82) is 0 Å². The maximum absolute atomic E-state index is 12.9. The van der Waals surface area contributed by atoms with Crippen LogP contribution in [0, 0.1) is 5.82 Å². The number of aromatic nitrogens is 3. The van der Waals surface area contributed by atoms with Crippen molar-refractivity contribution in [2.24, 2.45) is 0 Å². The zero-order chi connectivity index (χ0) is 14.7. The molecule has 1 N–H and O–H groups in total. The van der Waals surface area contributed by atoms with E-state index >= 15 is 0 Å². The van der Waals surface area contributed by atoms with Crippen molar-refractivity contribution in [3.8, 4) is 11.5 Å². The smallest absolute Gasteiger partial charge is 0.178 e. The van der Waals surface area contributed by atoms with Crippen LogP contribution in [0.2, 0.25) is 0 Å². The Hall–Kier alpha value is -1.88. The molecule has 2 aromatic rings. The predicted octanol–water partition coefficient (Wildman–Crippen LogP) is 3.05. The van der Waals surface area contributed by atoms with Crippen LogP contribution in [-0.4, -0.2) is 21.5 Å². The average Bonchev–Trinajstić information content (AvgIpc) is 2.53. The number of rotatable bonds is 4. The number of pyridine rings is 1. The molecule has 1 atom stereocenters. The minimum absolute atomic E-state index is 0.347. The van der Waals surface area contributed by atoms with Crippen LogP contribution in [0.1, 0.15) is 43.5 Å². The van der Waals surface area contributed by atoms with E-state index in [0.29, 0.717) is 17.6 Å². The summed E-state index contributed by atoms with van der Waals surface area (Å²) in [4.78, 5) is 13.1. The lowest BCUT2D eigenvalue weighted by Crippen LogP contribution is -2.26. The molecule has 2 aromatic heterocycles. The summed E-state index contributed by atoms with van der Waals surface area (Å²) in [5.74, 6) is 0.227. The molecule has 1 aliphatic rings. The molecule has 0 amide bonds. The minimum atomic E-state index is -0.347. The number of nitrogens with one attached hydrogen (secondary N) is 1. The largest absolute Gasteiger partial charge is 0.310 e. The van der Waals surface area contributed by atoms with E-state index in [2.05, 4.69) is 27.2 Å². The zero-order valence-electron chi connectivity index (χ0n) is 12.1. The summed E-state index contributed by atoms with van der Waals surface area (Å²) in [5, 5.41) is 3.55. The van der Waals surface area contributed by atoms with Gasteiger partial charge < -0.3 is 5.32 Å². The fourth-order valence-electron chi connectivity index (χ4n) is 2.71. The first-order valence-corrected chi connectivity index (χ1v) is 7.49. The van der Waals surface area contributed by atoms with E-state index in [-0.39, 0.29) is 5.82 Å². The van der Waals surface area contributed by atoms with Crippen molar-refractivity contribution in [3.63, 3.8) is 0 Å². The lowest BCUT2D eigenvalue weighted by atomic mass is 9.92. The second-order valence-electron chi connectivity index (χ2n) is 5.36. The Morgan fingerprint density at radius 2 is 2.19 bits per heavy atom. The first kappa shape index (κ1) is 14.1. The number of hydrogen-bond acceptors (Lipinski definition) is 4. The van der Waals surface area contributed by atoms with Gasteiger partial charge in [-0.1, -0.05) is 6.92 Å². The molecule has 1 aliphatic carbocycles. The van der Waals surface area contributed by atoms with Gasteiger partial charge in [-0.25, -0.2) is 19.3 Å². The summed E-state index contributed by atoms with van der Waals surface area (Å²) >= 11 is 0. The van der Waals surface area contributed by atoms with Gasteiger partial charge in [0.1, 0.15) is 11.5 Å². The van der Waals surface area contributed by atoms with Gasteiger partial charge in [-0.3, -0.25) is 0 Å². The van der Waals surface area contributed by atoms with Gasteiger partial charge in [-0.15, -0.1) is 0 Å². The molecule has 21 heavy (non-hydrogen) atoms. The van der Waals surface area contributed by atoms with Crippen LogP contribution in [0.5, 0.6) is 0 Å². The highest BCUT2D eigenvalue weighted by Gasteiger charge is 2.22.